The molecule has 2 amide bonds. The first-order valence-corrected chi connectivity index (χ1v) is 6.37. The minimum absolute atomic E-state index is 0.136. The molecular weight excluding hydrogens is 305 g/mol. The molecule has 2 atom stereocenters. The Hall–Kier alpha value is -1.43. The number of ether oxygens (including phenoxy) is 1. The van der Waals surface area contributed by atoms with Crippen LogP contribution in [0.3, 0.4) is 0 Å². The second kappa shape index (κ2) is 5.06. The molecular formula is C12H11BrFNO3. The fraction of sp³-hybridized carbons (Fsp3) is 0.333. The molecule has 0 spiro atoms. The summed E-state index contributed by atoms with van der Waals surface area (Å²) < 4.78 is 18.8. The number of carbonyl (C=O) groups is 2. The van der Waals surface area contributed by atoms with E-state index in [1.807, 2.05) is 0 Å². The van der Waals surface area contributed by atoms with Crippen molar-refractivity contribution in [2.24, 2.45) is 0 Å². The zero-order valence-electron chi connectivity index (χ0n) is 9.57. The number of hydrogen-bond acceptors (Lipinski definition) is 3. The number of halogens is 2. The van der Waals surface area contributed by atoms with Crippen LogP contribution < -0.4 is 10.1 Å². The Kier molecular flexibility index (Phi) is 3.65. The van der Waals surface area contributed by atoms with Crippen molar-refractivity contribution < 1.29 is 18.7 Å². The van der Waals surface area contributed by atoms with Gasteiger partial charge >= 0.3 is 0 Å². The van der Waals surface area contributed by atoms with Crippen LogP contribution in [-0.4, -0.2) is 23.2 Å². The van der Waals surface area contributed by atoms with Gasteiger partial charge in [-0.25, -0.2) is 4.39 Å². The first-order chi connectivity index (χ1) is 8.54. The molecule has 4 nitrogen and oxygen atoms in total. The molecule has 1 aromatic carbocycles. The Morgan fingerprint density at radius 1 is 1.39 bits per heavy atom. The van der Waals surface area contributed by atoms with Crippen LogP contribution in [0.15, 0.2) is 18.2 Å². The quantitative estimate of drug-likeness (QED) is 0.682. The monoisotopic (exact) mass is 315 g/mol. The highest BCUT2D eigenvalue weighted by Crippen LogP contribution is 2.32. The van der Waals surface area contributed by atoms with E-state index in [-0.39, 0.29) is 5.75 Å². The third-order valence-corrected chi connectivity index (χ3v) is 3.63. The van der Waals surface area contributed by atoms with Crippen LogP contribution in [0.2, 0.25) is 0 Å². The molecule has 2 rings (SSSR count). The van der Waals surface area contributed by atoms with Gasteiger partial charge in [-0.3, -0.25) is 14.9 Å². The molecule has 0 aromatic heterocycles. The predicted molar refractivity (Wildman–Crippen MR) is 66.2 cm³/mol. The van der Waals surface area contributed by atoms with Crippen molar-refractivity contribution in [3.63, 3.8) is 0 Å². The predicted octanol–water partition coefficient (Wildman–Crippen LogP) is 1.73. The molecule has 2 unspecified atom stereocenters. The van der Waals surface area contributed by atoms with Crippen molar-refractivity contribution in [1.82, 2.24) is 5.32 Å². The Balaban J connectivity index is 2.32. The second-order valence-electron chi connectivity index (χ2n) is 3.86. The van der Waals surface area contributed by atoms with Gasteiger partial charge in [0.05, 0.1) is 12.5 Å². The molecule has 1 saturated heterocycles. The van der Waals surface area contributed by atoms with Crippen LogP contribution in [0, 0.1) is 5.82 Å². The fourth-order valence-electron chi connectivity index (χ4n) is 1.86. The summed E-state index contributed by atoms with van der Waals surface area (Å²) in [5, 5.41) is 2.20. The normalized spacial score (nSPS) is 23.1. The fourth-order valence-corrected chi connectivity index (χ4v) is 2.52. The lowest BCUT2D eigenvalue weighted by atomic mass is 9.97. The molecule has 1 fully saturated rings. The van der Waals surface area contributed by atoms with Crippen LogP contribution in [0.1, 0.15) is 18.4 Å². The van der Waals surface area contributed by atoms with Crippen molar-refractivity contribution in [1.29, 1.82) is 0 Å². The molecule has 1 aromatic rings. The lowest BCUT2D eigenvalue weighted by Crippen LogP contribution is -2.22. The average Bonchev–Trinajstić information content (AvgIpc) is 2.56. The van der Waals surface area contributed by atoms with Crippen LogP contribution in [-0.2, 0) is 9.59 Å². The molecule has 0 aliphatic carbocycles. The average molecular weight is 316 g/mol. The number of carbonyl (C=O) groups excluding carboxylic acids is 2. The van der Waals surface area contributed by atoms with Gasteiger partial charge in [0, 0.05) is 0 Å². The third-order valence-electron chi connectivity index (χ3n) is 2.69. The molecule has 1 aliphatic heterocycles. The van der Waals surface area contributed by atoms with Crippen molar-refractivity contribution in [2.45, 2.75) is 17.7 Å². The Labute approximate surface area is 112 Å². The number of benzene rings is 1. The Morgan fingerprint density at radius 2 is 2.11 bits per heavy atom. The minimum Gasteiger partial charge on any atom is -0.491 e. The van der Waals surface area contributed by atoms with E-state index in [1.165, 1.54) is 12.1 Å². The standard InChI is InChI=1S/C12H11BrFNO3/c1-2-18-8-4-3-6(5-7(8)14)9-10(13)12(17)15-11(9)16/h3-5,9-10H,2H2,1H3,(H,15,16,17). The summed E-state index contributed by atoms with van der Waals surface area (Å²) in [7, 11) is 0. The molecule has 96 valence electrons. The van der Waals surface area contributed by atoms with Crippen LogP contribution in [0.25, 0.3) is 0 Å². The highest BCUT2D eigenvalue weighted by molar-refractivity contribution is 9.10. The van der Waals surface area contributed by atoms with Gasteiger partial charge in [0.1, 0.15) is 4.83 Å². The Bertz CT molecular complexity index is 506. The number of hydrogen-bond donors (Lipinski definition) is 1. The van der Waals surface area contributed by atoms with Gasteiger partial charge in [0.2, 0.25) is 11.8 Å². The highest BCUT2D eigenvalue weighted by Gasteiger charge is 2.41. The zero-order valence-corrected chi connectivity index (χ0v) is 11.2. The number of alkyl halides is 1. The summed E-state index contributed by atoms with van der Waals surface area (Å²) >= 11 is 3.13. The van der Waals surface area contributed by atoms with E-state index in [2.05, 4.69) is 21.2 Å². The van der Waals surface area contributed by atoms with Crippen LogP contribution in [0.5, 0.6) is 5.75 Å². The Morgan fingerprint density at radius 3 is 2.61 bits per heavy atom. The van der Waals surface area contributed by atoms with Gasteiger partial charge in [-0.05, 0) is 24.6 Å². The lowest BCUT2D eigenvalue weighted by molar-refractivity contribution is -0.125. The van der Waals surface area contributed by atoms with Crippen molar-refractivity contribution in [2.75, 3.05) is 6.61 Å². The summed E-state index contributed by atoms with van der Waals surface area (Å²) in [6.45, 7) is 2.12. The molecule has 0 radical (unpaired) electrons. The summed E-state index contributed by atoms with van der Waals surface area (Å²) in [6.07, 6.45) is 0. The van der Waals surface area contributed by atoms with Gasteiger partial charge in [-0.15, -0.1) is 0 Å². The van der Waals surface area contributed by atoms with Gasteiger partial charge in [-0.2, -0.15) is 0 Å². The number of nitrogens with one attached hydrogen (secondary N) is 1. The molecule has 1 aliphatic rings. The van der Waals surface area contributed by atoms with E-state index in [0.29, 0.717) is 12.2 Å². The molecule has 1 N–H and O–H groups in total. The van der Waals surface area contributed by atoms with E-state index < -0.39 is 28.4 Å². The summed E-state index contributed by atoms with van der Waals surface area (Å²) in [6, 6.07) is 4.28. The van der Waals surface area contributed by atoms with Crippen molar-refractivity contribution >= 4 is 27.7 Å². The molecule has 18 heavy (non-hydrogen) atoms. The zero-order chi connectivity index (χ0) is 13.3. The highest BCUT2D eigenvalue weighted by atomic mass is 79.9. The molecule has 1 heterocycles. The first-order valence-electron chi connectivity index (χ1n) is 5.45. The number of amides is 2. The van der Waals surface area contributed by atoms with Crippen LogP contribution >= 0.6 is 15.9 Å². The number of imide groups is 1. The summed E-state index contributed by atoms with van der Waals surface area (Å²) in [4.78, 5) is 22.3. The SMILES string of the molecule is CCOc1ccc(C2C(=O)NC(=O)C2Br)cc1F. The van der Waals surface area contributed by atoms with E-state index in [0.717, 1.165) is 0 Å². The van der Waals surface area contributed by atoms with Gasteiger partial charge in [-0.1, -0.05) is 22.0 Å². The maximum absolute atomic E-state index is 13.7. The topological polar surface area (TPSA) is 55.4 Å². The van der Waals surface area contributed by atoms with Gasteiger partial charge < -0.3 is 4.74 Å². The first kappa shape index (κ1) is 13.0. The summed E-state index contributed by atoms with van der Waals surface area (Å²) in [5.74, 6) is -1.94. The number of rotatable bonds is 3. The van der Waals surface area contributed by atoms with E-state index in [1.54, 1.807) is 13.0 Å². The second-order valence-corrected chi connectivity index (χ2v) is 4.84. The van der Waals surface area contributed by atoms with Crippen LogP contribution in [0.4, 0.5) is 4.39 Å². The van der Waals surface area contributed by atoms with Gasteiger partial charge in [0.25, 0.3) is 0 Å². The third kappa shape index (κ3) is 2.25. The summed E-state index contributed by atoms with van der Waals surface area (Å²) in [5.41, 5.74) is 0.446. The van der Waals surface area contributed by atoms with Gasteiger partial charge in [0.15, 0.2) is 11.6 Å². The molecule has 0 bridgehead atoms. The maximum atomic E-state index is 13.7. The minimum atomic E-state index is -0.706. The maximum Gasteiger partial charge on any atom is 0.241 e. The van der Waals surface area contributed by atoms with Crippen molar-refractivity contribution in [3.8, 4) is 5.75 Å². The smallest absolute Gasteiger partial charge is 0.241 e. The largest absolute Gasteiger partial charge is 0.491 e. The van der Waals surface area contributed by atoms with E-state index in [9.17, 15) is 14.0 Å². The van der Waals surface area contributed by atoms with E-state index >= 15 is 0 Å². The molecule has 0 saturated carbocycles. The van der Waals surface area contributed by atoms with E-state index in [4.69, 9.17) is 4.74 Å². The lowest BCUT2D eigenvalue weighted by Gasteiger charge is -2.12. The van der Waals surface area contributed by atoms with Crippen molar-refractivity contribution in [3.05, 3.63) is 29.6 Å². The molecule has 6 heteroatoms.